The lowest BCUT2D eigenvalue weighted by Crippen LogP contribution is -2.19. The molecular weight excluding hydrogens is 280 g/mol. The van der Waals surface area contributed by atoms with Crippen molar-refractivity contribution in [3.05, 3.63) is 23.8 Å². The summed E-state index contributed by atoms with van der Waals surface area (Å²) in [4.78, 5) is 0. The molecule has 120 valence electrons. The fourth-order valence-corrected chi connectivity index (χ4v) is 2.29. The first-order chi connectivity index (χ1) is 10.7. The largest absolute Gasteiger partial charge is 0.454 e. The molecule has 1 aliphatic heterocycles. The zero-order chi connectivity index (χ0) is 15.8. The first-order valence-electron chi connectivity index (χ1n) is 7.90. The maximum atomic E-state index is 9.32. The second kappa shape index (κ2) is 8.67. The zero-order valence-corrected chi connectivity index (χ0v) is 13.0. The summed E-state index contributed by atoms with van der Waals surface area (Å²) in [6.07, 6.45) is 4.57. The Hall–Kier alpha value is -1.70. The highest BCUT2D eigenvalue weighted by molar-refractivity contribution is 5.44. The molecular formula is C18H24O4. The SMILES string of the molecule is C[C@H](O)[C@@H](O)C#CCCCCCCc1ccc2c(c1)OCO2. The van der Waals surface area contributed by atoms with Crippen LogP contribution < -0.4 is 9.47 Å². The molecule has 22 heavy (non-hydrogen) atoms. The number of hydrogen-bond acceptors (Lipinski definition) is 4. The van der Waals surface area contributed by atoms with E-state index in [-0.39, 0.29) is 0 Å². The van der Waals surface area contributed by atoms with Gasteiger partial charge >= 0.3 is 0 Å². The van der Waals surface area contributed by atoms with Gasteiger partial charge in [0.1, 0.15) is 6.10 Å². The van der Waals surface area contributed by atoms with E-state index in [0.29, 0.717) is 6.79 Å². The smallest absolute Gasteiger partial charge is 0.231 e. The highest BCUT2D eigenvalue weighted by atomic mass is 16.7. The van der Waals surface area contributed by atoms with Gasteiger partial charge in [-0.2, -0.15) is 0 Å². The lowest BCUT2D eigenvalue weighted by molar-refractivity contribution is 0.0677. The third kappa shape index (κ3) is 5.25. The number of aryl methyl sites for hydroxylation is 1. The minimum absolute atomic E-state index is 0.323. The Morgan fingerprint density at radius 2 is 1.86 bits per heavy atom. The maximum absolute atomic E-state index is 9.32. The first-order valence-corrected chi connectivity index (χ1v) is 7.90. The van der Waals surface area contributed by atoms with Crippen LogP contribution in [0.25, 0.3) is 0 Å². The standard InChI is InChI=1S/C18H24O4/c1-14(19)16(20)9-7-5-3-2-4-6-8-15-10-11-17-18(12-15)22-13-21-17/h10-12,14,16,19-20H,2-6,8,13H2,1H3/t14-,16-/m0/s1. The summed E-state index contributed by atoms with van der Waals surface area (Å²) in [5, 5.41) is 18.4. The number of aliphatic hydroxyl groups excluding tert-OH is 2. The predicted octanol–water partition coefficient (Wildman–Crippen LogP) is 2.65. The van der Waals surface area contributed by atoms with Crippen LogP contribution in [-0.2, 0) is 6.42 Å². The van der Waals surface area contributed by atoms with Crippen molar-refractivity contribution < 1.29 is 19.7 Å². The molecule has 0 bridgehead atoms. The zero-order valence-electron chi connectivity index (χ0n) is 13.0. The monoisotopic (exact) mass is 304 g/mol. The molecule has 0 spiro atoms. The molecule has 4 heteroatoms. The number of rotatable bonds is 7. The topological polar surface area (TPSA) is 58.9 Å². The Kier molecular flexibility index (Phi) is 6.57. The summed E-state index contributed by atoms with van der Waals surface area (Å²) < 4.78 is 10.7. The van der Waals surface area contributed by atoms with E-state index in [1.807, 2.05) is 6.07 Å². The van der Waals surface area contributed by atoms with Crippen molar-refractivity contribution in [1.29, 1.82) is 0 Å². The van der Waals surface area contributed by atoms with Crippen molar-refractivity contribution in [2.24, 2.45) is 0 Å². The molecule has 0 fully saturated rings. The molecule has 0 saturated carbocycles. The van der Waals surface area contributed by atoms with Crippen LogP contribution in [-0.4, -0.2) is 29.2 Å². The molecule has 0 amide bonds. The van der Waals surface area contributed by atoms with E-state index in [1.54, 1.807) is 0 Å². The summed E-state index contributed by atoms with van der Waals surface area (Å²) in [6, 6.07) is 6.13. The molecule has 2 rings (SSSR count). The van der Waals surface area contributed by atoms with Gasteiger partial charge in [-0.05, 0) is 43.9 Å². The summed E-state index contributed by atoms with van der Waals surface area (Å²) in [5.74, 6) is 7.25. The third-order valence-electron chi connectivity index (χ3n) is 3.66. The van der Waals surface area contributed by atoms with Gasteiger partial charge < -0.3 is 19.7 Å². The Morgan fingerprint density at radius 1 is 1.09 bits per heavy atom. The molecule has 2 atom stereocenters. The van der Waals surface area contributed by atoms with Gasteiger partial charge in [0.15, 0.2) is 11.5 Å². The number of hydrogen-bond donors (Lipinski definition) is 2. The van der Waals surface area contributed by atoms with Gasteiger partial charge in [0.2, 0.25) is 6.79 Å². The molecule has 4 nitrogen and oxygen atoms in total. The minimum atomic E-state index is -0.925. The van der Waals surface area contributed by atoms with Crippen LogP contribution in [0.15, 0.2) is 18.2 Å². The van der Waals surface area contributed by atoms with Crippen molar-refractivity contribution in [3.8, 4) is 23.3 Å². The molecule has 0 aliphatic carbocycles. The fourth-order valence-electron chi connectivity index (χ4n) is 2.29. The van der Waals surface area contributed by atoms with Gasteiger partial charge in [0.25, 0.3) is 0 Å². The number of ether oxygens (including phenoxy) is 2. The third-order valence-corrected chi connectivity index (χ3v) is 3.66. The number of unbranched alkanes of at least 4 members (excludes halogenated alkanes) is 4. The van der Waals surface area contributed by atoms with E-state index in [9.17, 15) is 5.11 Å². The van der Waals surface area contributed by atoms with Crippen LogP contribution in [0.3, 0.4) is 0 Å². The predicted molar refractivity (Wildman–Crippen MR) is 84.8 cm³/mol. The van der Waals surface area contributed by atoms with Gasteiger partial charge in [-0.3, -0.25) is 0 Å². The van der Waals surface area contributed by atoms with Crippen LogP contribution in [0.5, 0.6) is 11.5 Å². The summed E-state index contributed by atoms with van der Waals surface area (Å²) in [5.41, 5.74) is 1.28. The van der Waals surface area contributed by atoms with E-state index in [4.69, 9.17) is 14.6 Å². The van der Waals surface area contributed by atoms with E-state index in [2.05, 4.69) is 24.0 Å². The maximum Gasteiger partial charge on any atom is 0.231 e. The van der Waals surface area contributed by atoms with Crippen LogP contribution in [0.1, 0.15) is 44.6 Å². The molecule has 0 unspecified atom stereocenters. The average molecular weight is 304 g/mol. The van der Waals surface area contributed by atoms with E-state index < -0.39 is 12.2 Å². The fraction of sp³-hybridized carbons (Fsp3) is 0.556. The second-order valence-corrected chi connectivity index (χ2v) is 5.61. The minimum Gasteiger partial charge on any atom is -0.454 e. The van der Waals surface area contributed by atoms with Gasteiger partial charge in [-0.1, -0.05) is 24.8 Å². The number of aliphatic hydroxyl groups is 2. The molecule has 1 aliphatic rings. The van der Waals surface area contributed by atoms with Crippen molar-refractivity contribution in [2.75, 3.05) is 6.79 Å². The Labute approximate surface area is 132 Å². The Morgan fingerprint density at radius 3 is 2.68 bits per heavy atom. The molecule has 1 heterocycles. The summed E-state index contributed by atoms with van der Waals surface area (Å²) >= 11 is 0. The molecule has 0 radical (unpaired) electrons. The average Bonchev–Trinajstić information content (AvgIpc) is 2.97. The molecule has 1 aromatic rings. The van der Waals surface area contributed by atoms with Gasteiger partial charge in [-0.25, -0.2) is 0 Å². The highest BCUT2D eigenvalue weighted by Crippen LogP contribution is 2.32. The second-order valence-electron chi connectivity index (χ2n) is 5.61. The van der Waals surface area contributed by atoms with E-state index in [0.717, 1.165) is 50.0 Å². The molecule has 1 aromatic carbocycles. The molecule has 0 aromatic heterocycles. The van der Waals surface area contributed by atoms with E-state index in [1.165, 1.54) is 12.5 Å². The highest BCUT2D eigenvalue weighted by Gasteiger charge is 2.12. The van der Waals surface area contributed by atoms with Crippen molar-refractivity contribution in [1.82, 2.24) is 0 Å². The number of benzene rings is 1. The van der Waals surface area contributed by atoms with Crippen molar-refractivity contribution in [2.45, 2.75) is 57.7 Å². The van der Waals surface area contributed by atoms with E-state index >= 15 is 0 Å². The quantitative estimate of drug-likeness (QED) is 0.600. The van der Waals surface area contributed by atoms with Crippen LogP contribution in [0, 0.1) is 11.8 Å². The molecule has 0 saturated heterocycles. The molecule has 2 N–H and O–H groups in total. The Balaban J connectivity index is 1.56. The van der Waals surface area contributed by atoms with Gasteiger partial charge in [0, 0.05) is 6.42 Å². The van der Waals surface area contributed by atoms with Crippen molar-refractivity contribution >= 4 is 0 Å². The Bertz CT molecular complexity index is 528. The lowest BCUT2D eigenvalue weighted by Gasteiger charge is -2.04. The lowest BCUT2D eigenvalue weighted by atomic mass is 10.0. The van der Waals surface area contributed by atoms with Crippen LogP contribution in [0.4, 0.5) is 0 Å². The van der Waals surface area contributed by atoms with Gasteiger partial charge in [-0.15, -0.1) is 5.92 Å². The normalized spacial score (nSPS) is 15.0. The number of fused-ring (bicyclic) bond motifs is 1. The van der Waals surface area contributed by atoms with Crippen molar-refractivity contribution in [3.63, 3.8) is 0 Å². The summed E-state index contributed by atoms with van der Waals surface area (Å²) in [6.45, 7) is 1.86. The summed E-state index contributed by atoms with van der Waals surface area (Å²) in [7, 11) is 0. The van der Waals surface area contributed by atoms with Crippen LogP contribution in [0.2, 0.25) is 0 Å². The van der Waals surface area contributed by atoms with Crippen LogP contribution >= 0.6 is 0 Å². The first kappa shape index (κ1) is 16.7. The van der Waals surface area contributed by atoms with Gasteiger partial charge in [0.05, 0.1) is 6.10 Å².